The minimum atomic E-state index is -3.72. The normalized spacial score (nSPS) is 16.8. The highest BCUT2D eigenvalue weighted by molar-refractivity contribution is 7.90. The molecule has 1 aromatic rings. The summed E-state index contributed by atoms with van der Waals surface area (Å²) in [5, 5.41) is 4.52. The van der Waals surface area contributed by atoms with E-state index < -0.39 is 40.6 Å². The number of urea groups is 1. The van der Waals surface area contributed by atoms with Gasteiger partial charge in [0.1, 0.15) is 11.9 Å². The molecule has 3 amide bonds. The molecule has 0 aromatic heterocycles. The molecule has 11 heteroatoms. The Labute approximate surface area is 162 Å². The summed E-state index contributed by atoms with van der Waals surface area (Å²) in [4.78, 5) is 39.2. The number of amides is 3. The van der Waals surface area contributed by atoms with Gasteiger partial charge in [0.05, 0.1) is 4.90 Å². The van der Waals surface area contributed by atoms with Crippen molar-refractivity contribution in [1.82, 2.24) is 15.4 Å². The van der Waals surface area contributed by atoms with Gasteiger partial charge in [-0.3, -0.25) is 19.8 Å². The molecule has 3 N–H and O–H groups in total. The number of benzene rings is 1. The van der Waals surface area contributed by atoms with Gasteiger partial charge < -0.3 is 10.1 Å². The van der Waals surface area contributed by atoms with Crippen LogP contribution in [0.3, 0.4) is 0 Å². The summed E-state index contributed by atoms with van der Waals surface area (Å²) in [5.41, 5.74) is 0.349. The van der Waals surface area contributed by atoms with Crippen molar-refractivity contribution in [1.29, 1.82) is 0 Å². The molecule has 0 spiro atoms. The van der Waals surface area contributed by atoms with Gasteiger partial charge >= 0.3 is 12.0 Å². The van der Waals surface area contributed by atoms with Crippen molar-refractivity contribution in [3.05, 3.63) is 29.8 Å². The maximum atomic E-state index is 12.0. The summed E-state index contributed by atoms with van der Waals surface area (Å²) in [7, 11) is -3.72. The number of aliphatic imine (C=N–C) groups is 1. The number of hydrogen-bond donors (Lipinski definition) is 3. The van der Waals surface area contributed by atoms with E-state index in [4.69, 9.17) is 4.74 Å². The van der Waals surface area contributed by atoms with Gasteiger partial charge in [0.2, 0.25) is 0 Å². The first-order valence-corrected chi connectivity index (χ1v) is 10.0. The average Bonchev–Trinajstić information content (AvgIpc) is 2.88. The second kappa shape index (κ2) is 8.83. The smallest absolute Gasteiger partial charge is 0.331 e. The van der Waals surface area contributed by atoms with E-state index in [0.717, 1.165) is 0 Å². The summed E-state index contributed by atoms with van der Waals surface area (Å²) in [6.07, 6.45) is 0. The van der Waals surface area contributed by atoms with Crippen LogP contribution < -0.4 is 15.4 Å². The average molecular weight is 410 g/mol. The molecule has 1 aliphatic rings. The highest BCUT2D eigenvalue weighted by atomic mass is 32.2. The minimum Gasteiger partial charge on any atom is -0.454 e. The van der Waals surface area contributed by atoms with E-state index in [1.807, 2.05) is 19.2 Å². The zero-order valence-electron chi connectivity index (χ0n) is 15.7. The number of hydrogen-bond acceptors (Lipinski definition) is 7. The molecule has 0 unspecified atom stereocenters. The Morgan fingerprint density at radius 3 is 2.54 bits per heavy atom. The van der Waals surface area contributed by atoms with Gasteiger partial charge in [-0.25, -0.2) is 18.0 Å². The molecule has 1 atom stereocenters. The molecule has 28 heavy (non-hydrogen) atoms. The molecule has 1 heterocycles. The summed E-state index contributed by atoms with van der Waals surface area (Å²) in [6, 6.07) is 4.47. The van der Waals surface area contributed by atoms with Gasteiger partial charge in [-0.05, 0) is 25.0 Å². The van der Waals surface area contributed by atoms with Crippen LogP contribution in [0.5, 0.6) is 0 Å². The number of nitrogens with zero attached hydrogens (tertiary/aromatic N) is 1. The second-order valence-corrected chi connectivity index (χ2v) is 8.17. The van der Waals surface area contributed by atoms with Crippen LogP contribution >= 0.6 is 0 Å². The first-order valence-electron chi connectivity index (χ1n) is 8.54. The van der Waals surface area contributed by atoms with Crippen LogP contribution in [0.1, 0.15) is 26.3 Å². The lowest BCUT2D eigenvalue weighted by atomic mass is 10.2. The summed E-state index contributed by atoms with van der Waals surface area (Å²) in [6.45, 7) is 4.93. The molecule has 0 saturated heterocycles. The monoisotopic (exact) mass is 410 g/mol. The Hall–Kier alpha value is -2.95. The molecule has 0 radical (unpaired) electrons. The zero-order chi connectivity index (χ0) is 20.9. The largest absolute Gasteiger partial charge is 0.454 e. The van der Waals surface area contributed by atoms with Crippen LogP contribution in [-0.4, -0.2) is 51.4 Å². The quantitative estimate of drug-likeness (QED) is 0.569. The molecule has 10 nitrogen and oxygen atoms in total. The van der Waals surface area contributed by atoms with E-state index >= 15 is 0 Å². The van der Waals surface area contributed by atoms with E-state index in [0.29, 0.717) is 12.1 Å². The number of nitrogens with one attached hydrogen (secondary N) is 3. The van der Waals surface area contributed by atoms with Gasteiger partial charge in [-0.2, -0.15) is 0 Å². The Morgan fingerprint density at radius 2 is 1.86 bits per heavy atom. The van der Waals surface area contributed by atoms with Crippen molar-refractivity contribution in [2.45, 2.75) is 31.7 Å². The number of rotatable bonds is 6. The number of carbonyl (C=O) groups excluding carboxylic acids is 3. The third-order valence-corrected chi connectivity index (χ3v) is 4.99. The number of sulfonamides is 1. The van der Waals surface area contributed by atoms with Crippen LogP contribution in [0.2, 0.25) is 0 Å². The fourth-order valence-corrected chi connectivity index (χ4v) is 3.48. The number of esters is 1. The van der Waals surface area contributed by atoms with E-state index in [-0.39, 0.29) is 16.6 Å². The molecular weight excluding hydrogens is 388 g/mol. The molecule has 152 valence electrons. The molecule has 0 saturated carbocycles. The fourth-order valence-electron chi connectivity index (χ4n) is 2.24. The van der Waals surface area contributed by atoms with Crippen molar-refractivity contribution in [2.24, 2.45) is 10.9 Å². The topological polar surface area (TPSA) is 143 Å². The summed E-state index contributed by atoms with van der Waals surface area (Å²) < 4.78 is 31.2. The highest BCUT2D eigenvalue weighted by Crippen LogP contribution is 2.22. The molecule has 0 bridgehead atoms. The number of amidine groups is 1. The lowest BCUT2D eigenvalue weighted by Crippen LogP contribution is -2.42. The zero-order valence-corrected chi connectivity index (χ0v) is 16.5. The van der Waals surface area contributed by atoms with Gasteiger partial charge in [0, 0.05) is 12.1 Å². The number of ether oxygens (including phenoxy) is 1. The van der Waals surface area contributed by atoms with Crippen molar-refractivity contribution >= 4 is 33.8 Å². The molecular formula is C17H22N4O6S. The number of fused-ring (bicyclic) bond motifs is 1. The molecule has 0 aliphatic carbocycles. The first-order chi connectivity index (χ1) is 13.1. The van der Waals surface area contributed by atoms with Crippen LogP contribution in [0.15, 0.2) is 34.2 Å². The van der Waals surface area contributed by atoms with Crippen molar-refractivity contribution in [2.75, 3.05) is 13.2 Å². The van der Waals surface area contributed by atoms with Gasteiger partial charge in [-0.15, -0.1) is 0 Å². The van der Waals surface area contributed by atoms with E-state index in [1.54, 1.807) is 18.2 Å². The molecule has 1 aromatic carbocycles. The minimum absolute atomic E-state index is 0.0255. The lowest BCUT2D eigenvalue weighted by Gasteiger charge is -2.10. The molecule has 0 fully saturated rings. The SMILES string of the molecule is CC(C)CNC(=O)NC(=O)COC(=O)[C@@H](C)N=C1NS(=O)(=O)c2ccccc21. The standard InChI is InChI=1S/C17H22N4O6S/c1-10(2)8-18-17(24)20-14(22)9-27-16(23)11(3)19-15-12-6-4-5-7-13(12)28(25,26)21-15/h4-7,10-11H,8-9H2,1-3H3,(H,19,21)(H2,18,20,22,24)/t11-/m1/s1. The van der Waals surface area contributed by atoms with E-state index in [1.165, 1.54) is 13.0 Å². The Bertz CT molecular complexity index is 910. The third-order valence-electron chi connectivity index (χ3n) is 3.60. The van der Waals surface area contributed by atoms with Crippen LogP contribution in [0.4, 0.5) is 4.79 Å². The van der Waals surface area contributed by atoms with Gasteiger partial charge in [0.25, 0.3) is 15.9 Å². The van der Waals surface area contributed by atoms with E-state index in [9.17, 15) is 22.8 Å². The fraction of sp³-hybridized carbons (Fsp3) is 0.412. The van der Waals surface area contributed by atoms with Crippen molar-refractivity contribution < 1.29 is 27.5 Å². The maximum Gasteiger partial charge on any atom is 0.331 e. The van der Waals surface area contributed by atoms with Crippen LogP contribution in [0, 0.1) is 5.92 Å². The van der Waals surface area contributed by atoms with Crippen molar-refractivity contribution in [3.8, 4) is 0 Å². The summed E-state index contributed by atoms with van der Waals surface area (Å²) in [5.74, 6) is -1.38. The number of imide groups is 1. The van der Waals surface area contributed by atoms with Crippen LogP contribution in [0.25, 0.3) is 0 Å². The predicted molar refractivity (Wildman–Crippen MR) is 100 cm³/mol. The third kappa shape index (κ3) is 5.52. The Balaban J connectivity index is 1.91. The van der Waals surface area contributed by atoms with Gasteiger partial charge in [0.15, 0.2) is 6.61 Å². The Morgan fingerprint density at radius 1 is 1.18 bits per heavy atom. The highest BCUT2D eigenvalue weighted by Gasteiger charge is 2.31. The maximum absolute atomic E-state index is 12.0. The second-order valence-electron chi connectivity index (χ2n) is 6.52. The Kier molecular flexibility index (Phi) is 6.73. The summed E-state index contributed by atoms with van der Waals surface area (Å²) >= 11 is 0. The predicted octanol–water partition coefficient (Wildman–Crippen LogP) is 0.139. The first kappa shape index (κ1) is 21.4. The van der Waals surface area contributed by atoms with E-state index in [2.05, 4.69) is 15.0 Å². The van der Waals surface area contributed by atoms with Gasteiger partial charge in [-0.1, -0.05) is 26.0 Å². The molecule has 1 aliphatic heterocycles. The lowest BCUT2D eigenvalue weighted by molar-refractivity contribution is -0.149. The molecule has 2 rings (SSSR count). The van der Waals surface area contributed by atoms with Crippen LogP contribution in [-0.2, 0) is 24.3 Å². The number of carbonyl (C=O) groups is 3. The van der Waals surface area contributed by atoms with Crippen molar-refractivity contribution in [3.63, 3.8) is 0 Å².